The first kappa shape index (κ1) is 24.2. The Morgan fingerprint density at radius 2 is 2.06 bits per heavy atom. The number of aryl methyl sites for hydroxylation is 1. The summed E-state index contributed by atoms with van der Waals surface area (Å²) in [7, 11) is 0. The number of nitrogen functional groups attached to an aromatic ring is 1. The lowest BCUT2D eigenvalue weighted by atomic mass is 9.96. The molecule has 1 aromatic heterocycles. The lowest BCUT2D eigenvalue weighted by molar-refractivity contribution is -0.137. The molecular formula is C22H27ClN6O4. The van der Waals surface area contributed by atoms with Crippen LogP contribution in [-0.4, -0.2) is 59.0 Å². The second kappa shape index (κ2) is 11.5. The van der Waals surface area contributed by atoms with Crippen LogP contribution in [0.4, 0.5) is 5.82 Å². The highest BCUT2D eigenvalue weighted by atomic mass is 35.5. The highest BCUT2D eigenvalue weighted by Crippen LogP contribution is 2.23. The predicted octanol–water partition coefficient (Wildman–Crippen LogP) is 1.84. The number of hydrogen-bond donors (Lipinski definition) is 4. The number of nitrogens with zero attached hydrogens (tertiary/aromatic N) is 3. The summed E-state index contributed by atoms with van der Waals surface area (Å²) in [5.41, 5.74) is 6.75. The average Bonchev–Trinajstić information content (AvgIpc) is 2.80. The van der Waals surface area contributed by atoms with E-state index in [0.717, 1.165) is 5.82 Å². The monoisotopic (exact) mass is 474 g/mol. The number of aliphatic carboxylic acids is 1. The molecule has 1 aliphatic rings. The number of hydrogen-bond acceptors (Lipinski definition) is 7. The van der Waals surface area contributed by atoms with Crippen LogP contribution in [0, 0.1) is 11.3 Å². The van der Waals surface area contributed by atoms with E-state index in [0.29, 0.717) is 55.8 Å². The number of carbonyl (C=O) groups excluding carboxylic acids is 1. The van der Waals surface area contributed by atoms with Crippen LogP contribution >= 0.6 is 11.6 Å². The molecule has 0 bridgehead atoms. The predicted molar refractivity (Wildman–Crippen MR) is 124 cm³/mol. The van der Waals surface area contributed by atoms with E-state index in [1.165, 1.54) is 0 Å². The molecule has 1 aromatic carbocycles. The third kappa shape index (κ3) is 7.04. The number of carboxylic acid groups (broad SMARTS) is 1. The van der Waals surface area contributed by atoms with Crippen molar-refractivity contribution in [2.24, 2.45) is 11.7 Å². The number of nitrogens with two attached hydrogens (primary N) is 1. The highest BCUT2D eigenvalue weighted by Gasteiger charge is 2.25. The SMILES string of the molecule is N=C(N)c1ccc(CCC(=O)O)c(OCCNC(=O)C2CCN(c3ccnc(Cl)n3)CC2)c1. The van der Waals surface area contributed by atoms with E-state index in [-0.39, 0.29) is 36.0 Å². The summed E-state index contributed by atoms with van der Waals surface area (Å²) in [6.45, 7) is 1.92. The van der Waals surface area contributed by atoms with Crippen LogP contribution in [0.2, 0.25) is 5.28 Å². The minimum absolute atomic E-state index is 0.0254. The molecule has 2 aromatic rings. The highest BCUT2D eigenvalue weighted by molar-refractivity contribution is 6.28. The molecule has 33 heavy (non-hydrogen) atoms. The molecule has 11 heteroatoms. The molecule has 0 atom stereocenters. The van der Waals surface area contributed by atoms with Crippen LogP contribution in [0.3, 0.4) is 0 Å². The summed E-state index contributed by atoms with van der Waals surface area (Å²) < 4.78 is 5.79. The Bertz CT molecular complexity index is 1010. The molecule has 0 unspecified atom stereocenters. The molecule has 10 nitrogen and oxygen atoms in total. The standard InChI is InChI=1S/C22H27ClN6O4/c23-22-27-8-5-18(28-22)29-10-6-15(7-11-29)21(32)26-9-12-33-17-13-16(20(24)25)2-1-14(17)3-4-19(30)31/h1-2,5,8,13,15H,3-4,6-7,9-12H2,(H3,24,25)(H,26,32)(H,30,31). The first-order valence-electron chi connectivity index (χ1n) is 10.7. The van der Waals surface area contributed by atoms with Crippen molar-refractivity contribution in [3.05, 3.63) is 46.9 Å². The van der Waals surface area contributed by atoms with E-state index in [4.69, 9.17) is 32.6 Å². The van der Waals surface area contributed by atoms with Crippen LogP contribution < -0.4 is 20.7 Å². The van der Waals surface area contributed by atoms with Crippen molar-refractivity contribution in [1.29, 1.82) is 5.41 Å². The van der Waals surface area contributed by atoms with Crippen molar-refractivity contribution < 1.29 is 19.4 Å². The Labute approximate surface area is 196 Å². The average molecular weight is 475 g/mol. The van der Waals surface area contributed by atoms with Gasteiger partial charge in [-0.3, -0.25) is 15.0 Å². The maximum absolute atomic E-state index is 12.6. The molecule has 176 valence electrons. The number of amidine groups is 1. The molecule has 0 saturated carbocycles. The zero-order chi connectivity index (χ0) is 23.8. The summed E-state index contributed by atoms with van der Waals surface area (Å²) in [6, 6.07) is 6.80. The third-order valence-electron chi connectivity index (χ3n) is 5.45. The molecular weight excluding hydrogens is 448 g/mol. The molecule has 0 radical (unpaired) electrons. The fourth-order valence-electron chi connectivity index (χ4n) is 3.66. The van der Waals surface area contributed by atoms with Gasteiger partial charge in [-0.15, -0.1) is 0 Å². The molecule has 1 saturated heterocycles. The Morgan fingerprint density at radius 3 is 2.73 bits per heavy atom. The Hall–Kier alpha value is -3.40. The van der Waals surface area contributed by atoms with Gasteiger partial charge in [0.2, 0.25) is 11.2 Å². The molecule has 3 rings (SSSR count). The first-order chi connectivity index (χ1) is 15.8. The fourth-order valence-corrected chi connectivity index (χ4v) is 3.80. The minimum Gasteiger partial charge on any atom is -0.491 e. The van der Waals surface area contributed by atoms with Gasteiger partial charge in [-0.1, -0.05) is 12.1 Å². The van der Waals surface area contributed by atoms with Crippen LogP contribution in [0.15, 0.2) is 30.5 Å². The summed E-state index contributed by atoms with van der Waals surface area (Å²) in [5, 5.41) is 19.6. The zero-order valence-corrected chi connectivity index (χ0v) is 18.8. The van der Waals surface area contributed by atoms with Gasteiger partial charge in [0.1, 0.15) is 24.0 Å². The van der Waals surface area contributed by atoms with Crippen molar-refractivity contribution in [1.82, 2.24) is 15.3 Å². The number of piperidine rings is 1. The quantitative estimate of drug-likeness (QED) is 0.176. The smallest absolute Gasteiger partial charge is 0.303 e. The van der Waals surface area contributed by atoms with Crippen LogP contribution in [0.1, 0.15) is 30.4 Å². The van der Waals surface area contributed by atoms with E-state index < -0.39 is 5.97 Å². The lowest BCUT2D eigenvalue weighted by Gasteiger charge is -2.32. The molecule has 1 aliphatic heterocycles. The maximum atomic E-state index is 12.6. The van der Waals surface area contributed by atoms with Crippen LogP contribution in [-0.2, 0) is 16.0 Å². The van der Waals surface area contributed by atoms with Gasteiger partial charge in [0.05, 0.1) is 6.54 Å². The number of carbonyl (C=O) groups is 2. The van der Waals surface area contributed by atoms with Gasteiger partial charge in [0.25, 0.3) is 0 Å². The number of nitrogens with one attached hydrogen (secondary N) is 2. The van der Waals surface area contributed by atoms with Crippen LogP contribution in [0.5, 0.6) is 5.75 Å². The van der Waals surface area contributed by atoms with Crippen molar-refractivity contribution in [3.63, 3.8) is 0 Å². The molecule has 5 N–H and O–H groups in total. The van der Waals surface area contributed by atoms with Crippen molar-refractivity contribution >= 4 is 35.1 Å². The summed E-state index contributed by atoms with van der Waals surface area (Å²) in [6.07, 6.45) is 3.28. The number of rotatable bonds is 10. The second-order valence-corrected chi connectivity index (χ2v) is 8.05. The number of aromatic nitrogens is 2. The third-order valence-corrected chi connectivity index (χ3v) is 5.63. The topological polar surface area (TPSA) is 155 Å². The molecule has 0 aliphatic carbocycles. The Morgan fingerprint density at radius 1 is 1.30 bits per heavy atom. The Kier molecular flexibility index (Phi) is 8.42. The van der Waals surface area contributed by atoms with E-state index in [1.54, 1.807) is 30.5 Å². The van der Waals surface area contributed by atoms with Gasteiger partial charge in [-0.2, -0.15) is 0 Å². The van der Waals surface area contributed by atoms with Gasteiger partial charge in [0.15, 0.2) is 0 Å². The zero-order valence-electron chi connectivity index (χ0n) is 18.1. The molecule has 2 heterocycles. The van der Waals surface area contributed by atoms with E-state index in [9.17, 15) is 9.59 Å². The van der Waals surface area contributed by atoms with Crippen molar-refractivity contribution in [2.75, 3.05) is 31.1 Å². The second-order valence-electron chi connectivity index (χ2n) is 7.71. The molecule has 0 spiro atoms. The van der Waals surface area contributed by atoms with Crippen molar-refractivity contribution in [2.45, 2.75) is 25.7 Å². The van der Waals surface area contributed by atoms with Gasteiger partial charge in [-0.25, -0.2) is 9.97 Å². The summed E-state index contributed by atoms with van der Waals surface area (Å²) in [5.74, 6) is 0.100. The van der Waals surface area contributed by atoms with Gasteiger partial charge in [0, 0.05) is 37.2 Å². The molecule has 1 amide bonds. The molecule has 1 fully saturated rings. The fraction of sp³-hybridized carbons (Fsp3) is 0.409. The first-order valence-corrected chi connectivity index (χ1v) is 11.0. The van der Waals surface area contributed by atoms with Gasteiger partial charge in [-0.05, 0) is 48.6 Å². The number of halogens is 1. The summed E-state index contributed by atoms with van der Waals surface area (Å²) >= 11 is 5.86. The Balaban J connectivity index is 1.47. The largest absolute Gasteiger partial charge is 0.491 e. The van der Waals surface area contributed by atoms with E-state index >= 15 is 0 Å². The maximum Gasteiger partial charge on any atom is 0.303 e. The number of ether oxygens (including phenoxy) is 1. The minimum atomic E-state index is -0.905. The number of benzene rings is 1. The van der Waals surface area contributed by atoms with E-state index in [1.807, 2.05) is 0 Å². The number of carboxylic acids is 1. The van der Waals surface area contributed by atoms with Gasteiger partial charge >= 0.3 is 5.97 Å². The van der Waals surface area contributed by atoms with Gasteiger partial charge < -0.3 is 25.8 Å². The van der Waals surface area contributed by atoms with E-state index in [2.05, 4.69) is 20.2 Å². The number of anilines is 1. The lowest BCUT2D eigenvalue weighted by Crippen LogP contribution is -2.41. The number of amides is 1. The summed E-state index contributed by atoms with van der Waals surface area (Å²) in [4.78, 5) is 33.6. The van der Waals surface area contributed by atoms with Crippen LogP contribution in [0.25, 0.3) is 0 Å². The van der Waals surface area contributed by atoms with Crippen molar-refractivity contribution in [3.8, 4) is 5.75 Å². The normalized spacial score (nSPS) is 14.0.